The van der Waals surface area contributed by atoms with Crippen molar-refractivity contribution in [3.8, 4) is 0 Å². The fraction of sp³-hybridized carbons (Fsp3) is 0.846. The average molecular weight is 444 g/mol. The molecule has 0 bridgehead atoms. The van der Waals surface area contributed by atoms with E-state index in [0.29, 0.717) is 42.0 Å². The van der Waals surface area contributed by atoms with Crippen molar-refractivity contribution in [1.29, 1.82) is 0 Å². The highest BCUT2D eigenvalue weighted by molar-refractivity contribution is 5.82. The van der Waals surface area contributed by atoms with Crippen LogP contribution in [-0.2, 0) is 16.1 Å². The van der Waals surface area contributed by atoms with Crippen LogP contribution >= 0.6 is 0 Å². The van der Waals surface area contributed by atoms with Gasteiger partial charge in [0.1, 0.15) is 5.82 Å². The van der Waals surface area contributed by atoms with Gasteiger partial charge in [0.2, 0.25) is 0 Å². The van der Waals surface area contributed by atoms with E-state index in [9.17, 15) is 9.90 Å². The Kier molecular flexibility index (Phi) is 5.48. The monoisotopic (exact) mass is 443 g/mol. The largest absolute Gasteiger partial charge is 0.387 e. The summed E-state index contributed by atoms with van der Waals surface area (Å²) in [5.74, 6) is 3.68. The third kappa shape index (κ3) is 3.44. The fourth-order valence-corrected chi connectivity index (χ4v) is 9.01. The van der Waals surface area contributed by atoms with Gasteiger partial charge in [0, 0.05) is 19.2 Å². The van der Waals surface area contributed by atoms with Gasteiger partial charge < -0.3 is 20.1 Å². The van der Waals surface area contributed by atoms with Gasteiger partial charge in [-0.1, -0.05) is 13.8 Å². The van der Waals surface area contributed by atoms with Gasteiger partial charge >= 0.3 is 0 Å². The number of rotatable bonds is 5. The topological polar surface area (TPSA) is 90.4 Å². The summed E-state index contributed by atoms with van der Waals surface area (Å²) in [7, 11) is 1.70. The molecular weight excluding hydrogens is 402 g/mol. The Morgan fingerprint density at radius 3 is 2.66 bits per heavy atom. The molecule has 0 amide bonds. The molecule has 6 nitrogen and oxygen atoms in total. The van der Waals surface area contributed by atoms with Gasteiger partial charge in [-0.05, 0) is 92.3 Å². The number of nitrogens with two attached hydrogens (primary N) is 1. The van der Waals surface area contributed by atoms with Crippen molar-refractivity contribution in [2.45, 2.75) is 83.8 Å². The van der Waals surface area contributed by atoms with Gasteiger partial charge in [-0.25, -0.2) is 4.98 Å². The Balaban J connectivity index is 1.32. The van der Waals surface area contributed by atoms with Crippen LogP contribution in [0.2, 0.25) is 0 Å². The Bertz CT molecular complexity index is 870. The number of methoxy groups -OCH3 is 1. The summed E-state index contributed by atoms with van der Waals surface area (Å²) in [6, 6.07) is 0. The van der Waals surface area contributed by atoms with Crippen molar-refractivity contribution in [1.82, 2.24) is 9.55 Å². The zero-order chi connectivity index (χ0) is 22.7. The molecule has 4 aliphatic rings. The molecule has 4 saturated carbocycles. The predicted octanol–water partition coefficient (Wildman–Crippen LogP) is 4.07. The zero-order valence-corrected chi connectivity index (χ0v) is 20.1. The van der Waals surface area contributed by atoms with Crippen molar-refractivity contribution in [3.63, 3.8) is 0 Å². The van der Waals surface area contributed by atoms with E-state index in [1.54, 1.807) is 19.6 Å². The van der Waals surface area contributed by atoms with E-state index in [0.717, 1.165) is 43.9 Å². The van der Waals surface area contributed by atoms with E-state index in [-0.39, 0.29) is 11.3 Å². The Hall–Kier alpha value is -1.40. The summed E-state index contributed by atoms with van der Waals surface area (Å²) in [6.45, 7) is 5.78. The molecule has 0 aromatic carbocycles. The zero-order valence-electron chi connectivity index (χ0n) is 20.1. The van der Waals surface area contributed by atoms with Crippen LogP contribution in [0.5, 0.6) is 0 Å². The second-order valence-electron chi connectivity index (χ2n) is 12.1. The molecule has 5 rings (SSSR count). The van der Waals surface area contributed by atoms with Gasteiger partial charge in [0.25, 0.3) is 0 Å². The molecule has 3 N–H and O–H groups in total. The standard InChI is InChI=1S/C26H41N3O3/c1-24-10-11-26(31,15-32-3)12-17(24)4-5-18-19-6-7-21(25(19,2)9-8-20(18)24)22(30)13-29-14-23(27)28-16-29/h14,16-21,31H,4-13,15,27H2,1-3H3/t17-,18-,19-,20-,21+,24-,25-,26+/m0/s1. The van der Waals surface area contributed by atoms with Gasteiger partial charge in [0.15, 0.2) is 5.78 Å². The first-order valence-corrected chi connectivity index (χ1v) is 12.7. The first-order valence-electron chi connectivity index (χ1n) is 12.7. The lowest BCUT2D eigenvalue weighted by Crippen LogP contribution is -2.56. The average Bonchev–Trinajstić information content (AvgIpc) is 3.31. The van der Waals surface area contributed by atoms with Crippen LogP contribution in [0.25, 0.3) is 0 Å². The second-order valence-corrected chi connectivity index (χ2v) is 12.1. The van der Waals surface area contributed by atoms with Crippen LogP contribution in [0, 0.1) is 40.4 Å². The molecule has 0 spiro atoms. The van der Waals surface area contributed by atoms with E-state index in [2.05, 4.69) is 18.8 Å². The Morgan fingerprint density at radius 2 is 1.94 bits per heavy atom. The van der Waals surface area contributed by atoms with Crippen LogP contribution in [0.15, 0.2) is 12.5 Å². The van der Waals surface area contributed by atoms with Crippen molar-refractivity contribution in [2.75, 3.05) is 19.5 Å². The summed E-state index contributed by atoms with van der Waals surface area (Å²) >= 11 is 0. The number of hydrogen-bond donors (Lipinski definition) is 2. The van der Waals surface area contributed by atoms with Crippen molar-refractivity contribution in [3.05, 3.63) is 12.5 Å². The number of aromatic nitrogens is 2. The molecule has 1 heterocycles. The predicted molar refractivity (Wildman–Crippen MR) is 124 cm³/mol. The highest BCUT2D eigenvalue weighted by Gasteiger charge is 2.62. The molecule has 0 aliphatic heterocycles. The number of nitrogens with zero attached hydrogens (tertiary/aromatic N) is 2. The van der Waals surface area contributed by atoms with Gasteiger partial charge in [-0.2, -0.15) is 0 Å². The third-order valence-electron chi connectivity index (χ3n) is 10.6. The quantitative estimate of drug-likeness (QED) is 0.716. The first kappa shape index (κ1) is 22.4. The highest BCUT2D eigenvalue weighted by Crippen LogP contribution is 2.68. The number of nitrogen functional groups attached to an aromatic ring is 1. The van der Waals surface area contributed by atoms with Crippen LogP contribution in [0.1, 0.15) is 71.6 Å². The van der Waals surface area contributed by atoms with E-state index in [4.69, 9.17) is 10.5 Å². The van der Waals surface area contributed by atoms with Crippen molar-refractivity contribution < 1.29 is 14.6 Å². The minimum atomic E-state index is -0.642. The summed E-state index contributed by atoms with van der Waals surface area (Å²) in [5, 5.41) is 11.1. The molecular formula is C26H41N3O3. The molecule has 8 atom stereocenters. The third-order valence-corrected chi connectivity index (χ3v) is 10.6. The van der Waals surface area contributed by atoms with E-state index in [1.165, 1.54) is 25.7 Å². The van der Waals surface area contributed by atoms with Crippen LogP contribution in [0.3, 0.4) is 0 Å². The first-order chi connectivity index (χ1) is 15.2. The smallest absolute Gasteiger partial charge is 0.156 e. The molecule has 1 aromatic heterocycles. The van der Waals surface area contributed by atoms with E-state index < -0.39 is 5.60 Å². The lowest BCUT2D eigenvalue weighted by Gasteiger charge is -2.62. The number of anilines is 1. The van der Waals surface area contributed by atoms with Crippen molar-refractivity contribution in [2.24, 2.45) is 40.4 Å². The minimum absolute atomic E-state index is 0.124. The second kappa shape index (κ2) is 7.83. The van der Waals surface area contributed by atoms with Gasteiger partial charge in [-0.3, -0.25) is 4.79 Å². The van der Waals surface area contributed by atoms with E-state index >= 15 is 0 Å². The number of aliphatic hydroxyl groups is 1. The van der Waals surface area contributed by atoms with Crippen LogP contribution in [0.4, 0.5) is 5.82 Å². The Labute approximate surface area is 192 Å². The lowest BCUT2D eigenvalue weighted by molar-refractivity contribution is -0.164. The number of Topliss-reactive ketones (excluding diaryl/α,β-unsaturated/α-hetero) is 1. The molecule has 32 heavy (non-hydrogen) atoms. The number of ether oxygens (including phenoxy) is 1. The SMILES string of the molecule is COC[C@@]1(O)CC[C@@]2(C)[C@@H](CC[C@@H]3[C@@H]2CC[C@]2(C)[C@@H](C(=O)Cn4cnc(N)c4)CC[C@@H]32)C1. The maximum absolute atomic E-state index is 13.3. The molecule has 4 fully saturated rings. The van der Waals surface area contributed by atoms with Crippen LogP contribution in [-0.4, -0.2) is 39.8 Å². The molecule has 0 saturated heterocycles. The molecule has 4 aliphatic carbocycles. The number of carbonyl (C=O) groups excluding carboxylic acids is 1. The number of imidazole rings is 1. The number of fused-ring (bicyclic) bond motifs is 5. The fourth-order valence-electron chi connectivity index (χ4n) is 9.01. The molecule has 0 unspecified atom stereocenters. The van der Waals surface area contributed by atoms with E-state index in [1.807, 2.05) is 4.57 Å². The maximum Gasteiger partial charge on any atom is 0.156 e. The van der Waals surface area contributed by atoms with Gasteiger partial charge in [0.05, 0.1) is 25.1 Å². The summed E-state index contributed by atoms with van der Waals surface area (Å²) in [6.07, 6.45) is 13.4. The molecule has 6 heteroatoms. The maximum atomic E-state index is 13.3. The van der Waals surface area contributed by atoms with Crippen molar-refractivity contribution >= 4 is 11.6 Å². The summed E-state index contributed by atoms with van der Waals surface area (Å²) in [5.41, 5.74) is 5.55. The number of carbonyl (C=O) groups is 1. The molecule has 1 aromatic rings. The normalized spacial score (nSPS) is 45.7. The molecule has 0 radical (unpaired) electrons. The highest BCUT2D eigenvalue weighted by atomic mass is 16.5. The minimum Gasteiger partial charge on any atom is -0.387 e. The van der Waals surface area contributed by atoms with Crippen LogP contribution < -0.4 is 5.73 Å². The summed E-state index contributed by atoms with van der Waals surface area (Å²) in [4.78, 5) is 17.4. The lowest BCUT2D eigenvalue weighted by atomic mass is 9.44. The number of ketones is 1. The van der Waals surface area contributed by atoms with Gasteiger partial charge in [-0.15, -0.1) is 0 Å². The molecule has 178 valence electrons. The summed E-state index contributed by atoms with van der Waals surface area (Å²) < 4.78 is 7.20. The Morgan fingerprint density at radius 1 is 1.16 bits per heavy atom. The number of hydrogen-bond acceptors (Lipinski definition) is 5.